The average molecular weight is 483 g/mol. The van der Waals surface area contributed by atoms with Gasteiger partial charge in [0.1, 0.15) is 11.9 Å². The van der Waals surface area contributed by atoms with Crippen LogP contribution in [-0.2, 0) is 22.7 Å². The molecule has 0 spiro atoms. The van der Waals surface area contributed by atoms with Crippen molar-refractivity contribution in [3.05, 3.63) is 106 Å². The Kier molecular flexibility index (Phi) is 8.66. The number of aliphatic hydroxyl groups excluding tert-OH is 1. The monoisotopic (exact) mass is 482 g/mol. The van der Waals surface area contributed by atoms with Crippen molar-refractivity contribution >= 4 is 17.3 Å². The van der Waals surface area contributed by atoms with Gasteiger partial charge in [0.25, 0.3) is 0 Å². The summed E-state index contributed by atoms with van der Waals surface area (Å²) in [6.07, 6.45) is -0.254. The molecule has 0 bridgehead atoms. The highest BCUT2D eigenvalue weighted by Crippen LogP contribution is 2.21. The van der Waals surface area contributed by atoms with Crippen LogP contribution in [0.4, 0.5) is 4.39 Å². The number of aliphatic hydroxyl groups is 1. The van der Waals surface area contributed by atoms with Crippen LogP contribution in [0.1, 0.15) is 23.1 Å². The predicted octanol–water partition coefficient (Wildman–Crippen LogP) is 5.05. The Morgan fingerprint density at radius 2 is 1.79 bits per heavy atom. The fourth-order valence-corrected chi connectivity index (χ4v) is 4.13. The fraction of sp³-hybridized carbons (Fsp3) is 0.296. The highest BCUT2D eigenvalue weighted by Gasteiger charge is 2.26. The van der Waals surface area contributed by atoms with Crippen LogP contribution in [0, 0.1) is 5.82 Å². The van der Waals surface area contributed by atoms with E-state index >= 15 is 0 Å². The molecule has 0 radical (unpaired) electrons. The van der Waals surface area contributed by atoms with Crippen LogP contribution in [0.25, 0.3) is 0 Å². The molecule has 0 saturated carbocycles. The van der Waals surface area contributed by atoms with Crippen LogP contribution in [0.2, 0.25) is 5.02 Å². The van der Waals surface area contributed by atoms with Crippen molar-refractivity contribution in [2.75, 3.05) is 19.7 Å². The highest BCUT2D eigenvalue weighted by molar-refractivity contribution is 6.31. The van der Waals surface area contributed by atoms with Gasteiger partial charge in [-0.2, -0.15) is 0 Å². The molecule has 0 aromatic heterocycles. The molecule has 1 heterocycles. The third-order valence-electron chi connectivity index (χ3n) is 5.61. The SMILES string of the molecule is O[C@@H](COCc1ccccc1)CN(Cc1ccccc1Cl)C[C@H]1CC(c2ccc(F)cc2)=NO1. The lowest BCUT2D eigenvalue weighted by Gasteiger charge is -2.27. The molecule has 7 heteroatoms. The van der Waals surface area contributed by atoms with Crippen LogP contribution >= 0.6 is 11.6 Å². The van der Waals surface area contributed by atoms with Gasteiger partial charge >= 0.3 is 0 Å². The molecule has 0 unspecified atom stereocenters. The largest absolute Gasteiger partial charge is 0.390 e. The molecule has 1 aliphatic rings. The molecule has 0 amide bonds. The third-order valence-corrected chi connectivity index (χ3v) is 5.98. The molecule has 34 heavy (non-hydrogen) atoms. The maximum Gasteiger partial charge on any atom is 0.145 e. The summed E-state index contributed by atoms with van der Waals surface area (Å²) in [5, 5.41) is 15.6. The van der Waals surface area contributed by atoms with Gasteiger partial charge in [-0.15, -0.1) is 0 Å². The van der Waals surface area contributed by atoms with Gasteiger partial charge in [-0.05, 0) is 34.9 Å². The Bertz CT molecular complexity index is 1080. The molecule has 5 nitrogen and oxygen atoms in total. The Hall–Kier alpha value is -2.77. The standard InChI is InChI=1S/C27H28ClFN2O3/c28-26-9-5-4-8-22(26)15-31(16-24(32)19-33-18-20-6-2-1-3-7-20)17-25-14-27(30-34-25)21-10-12-23(29)13-11-21/h1-13,24-25,32H,14-19H2/t24-,25-/m1/s1. The highest BCUT2D eigenvalue weighted by atomic mass is 35.5. The minimum atomic E-state index is -0.676. The zero-order chi connectivity index (χ0) is 23.8. The zero-order valence-corrected chi connectivity index (χ0v) is 19.6. The molecule has 0 aliphatic carbocycles. The molecule has 2 atom stereocenters. The minimum Gasteiger partial charge on any atom is -0.390 e. The average Bonchev–Trinajstić information content (AvgIpc) is 3.30. The summed E-state index contributed by atoms with van der Waals surface area (Å²) < 4.78 is 19.0. The lowest BCUT2D eigenvalue weighted by Crippen LogP contribution is -2.39. The van der Waals surface area contributed by atoms with Gasteiger partial charge < -0.3 is 14.7 Å². The van der Waals surface area contributed by atoms with Crippen LogP contribution < -0.4 is 0 Å². The Morgan fingerprint density at radius 1 is 1.06 bits per heavy atom. The normalized spacial score (nSPS) is 16.4. The van der Waals surface area contributed by atoms with Crippen molar-refractivity contribution in [1.82, 2.24) is 4.90 Å². The molecular formula is C27H28ClFN2O3. The Labute approximate surface area is 204 Å². The molecule has 0 saturated heterocycles. The first-order valence-corrected chi connectivity index (χ1v) is 11.7. The molecule has 4 rings (SSSR count). The van der Waals surface area contributed by atoms with E-state index < -0.39 is 6.10 Å². The summed E-state index contributed by atoms with van der Waals surface area (Å²) in [6.45, 7) is 2.17. The van der Waals surface area contributed by atoms with Crippen molar-refractivity contribution in [2.45, 2.75) is 31.8 Å². The third kappa shape index (κ3) is 7.11. The summed E-state index contributed by atoms with van der Waals surface area (Å²) in [5.41, 5.74) is 3.66. The van der Waals surface area contributed by atoms with Gasteiger partial charge in [-0.3, -0.25) is 4.90 Å². The summed E-state index contributed by atoms with van der Waals surface area (Å²) in [6, 6.07) is 23.8. The number of rotatable bonds is 11. The number of halogens is 2. The molecule has 178 valence electrons. The first-order valence-electron chi connectivity index (χ1n) is 11.3. The van der Waals surface area contributed by atoms with Crippen molar-refractivity contribution in [2.24, 2.45) is 5.16 Å². The van der Waals surface area contributed by atoms with Gasteiger partial charge in [0, 0.05) is 31.1 Å². The van der Waals surface area contributed by atoms with E-state index in [1.54, 1.807) is 12.1 Å². The summed E-state index contributed by atoms with van der Waals surface area (Å²) in [5.74, 6) is -0.283. The van der Waals surface area contributed by atoms with Gasteiger partial charge in [0.05, 0.1) is 25.0 Å². The van der Waals surface area contributed by atoms with E-state index in [-0.39, 0.29) is 18.5 Å². The molecule has 1 aliphatic heterocycles. The van der Waals surface area contributed by atoms with Gasteiger partial charge in [0.15, 0.2) is 0 Å². The minimum absolute atomic E-state index is 0.181. The topological polar surface area (TPSA) is 54.3 Å². The predicted molar refractivity (Wildman–Crippen MR) is 131 cm³/mol. The van der Waals surface area contributed by atoms with E-state index in [9.17, 15) is 9.50 Å². The molecule has 3 aromatic rings. The van der Waals surface area contributed by atoms with E-state index in [1.165, 1.54) is 12.1 Å². The maximum absolute atomic E-state index is 13.2. The van der Waals surface area contributed by atoms with Crippen molar-refractivity contribution in [3.8, 4) is 0 Å². The van der Waals surface area contributed by atoms with E-state index in [1.807, 2.05) is 54.6 Å². The van der Waals surface area contributed by atoms with Crippen LogP contribution in [0.3, 0.4) is 0 Å². The van der Waals surface area contributed by atoms with E-state index in [0.29, 0.717) is 37.7 Å². The van der Waals surface area contributed by atoms with E-state index in [2.05, 4.69) is 10.1 Å². The lowest BCUT2D eigenvalue weighted by atomic mass is 10.0. The van der Waals surface area contributed by atoms with Crippen molar-refractivity contribution < 1.29 is 19.1 Å². The summed E-state index contributed by atoms with van der Waals surface area (Å²) in [4.78, 5) is 7.78. The fourth-order valence-electron chi connectivity index (χ4n) is 3.94. The summed E-state index contributed by atoms with van der Waals surface area (Å²) in [7, 11) is 0. The van der Waals surface area contributed by atoms with Gasteiger partial charge in [-0.25, -0.2) is 4.39 Å². The molecule has 3 aromatic carbocycles. The van der Waals surface area contributed by atoms with Crippen molar-refractivity contribution in [1.29, 1.82) is 0 Å². The quantitative estimate of drug-likeness (QED) is 0.415. The first kappa shape index (κ1) is 24.4. The zero-order valence-electron chi connectivity index (χ0n) is 18.8. The van der Waals surface area contributed by atoms with Crippen LogP contribution in [0.5, 0.6) is 0 Å². The molecule has 0 fully saturated rings. The smallest absolute Gasteiger partial charge is 0.145 e. The maximum atomic E-state index is 13.2. The Balaban J connectivity index is 1.35. The van der Waals surface area contributed by atoms with Crippen LogP contribution in [-0.4, -0.2) is 47.6 Å². The lowest BCUT2D eigenvalue weighted by molar-refractivity contribution is -0.00648. The van der Waals surface area contributed by atoms with Crippen LogP contribution in [0.15, 0.2) is 84.0 Å². The number of oxime groups is 1. The second-order valence-electron chi connectivity index (χ2n) is 8.42. The summed E-state index contributed by atoms with van der Waals surface area (Å²) >= 11 is 6.39. The van der Waals surface area contributed by atoms with Gasteiger partial charge in [0.2, 0.25) is 0 Å². The van der Waals surface area contributed by atoms with Crippen molar-refractivity contribution in [3.63, 3.8) is 0 Å². The van der Waals surface area contributed by atoms with E-state index in [0.717, 1.165) is 22.4 Å². The second-order valence-corrected chi connectivity index (χ2v) is 8.82. The van der Waals surface area contributed by atoms with E-state index in [4.69, 9.17) is 21.2 Å². The number of nitrogens with zero attached hydrogens (tertiary/aromatic N) is 2. The molecule has 1 N–H and O–H groups in total. The molecular weight excluding hydrogens is 455 g/mol. The first-order chi connectivity index (χ1) is 16.6. The number of ether oxygens (including phenoxy) is 1. The van der Waals surface area contributed by atoms with Gasteiger partial charge in [-0.1, -0.05) is 77.4 Å². The number of hydrogen-bond donors (Lipinski definition) is 1. The number of benzene rings is 3. The Morgan fingerprint density at radius 3 is 2.56 bits per heavy atom. The second kappa shape index (κ2) is 12.1. The number of hydrogen-bond acceptors (Lipinski definition) is 5.